The van der Waals surface area contributed by atoms with Gasteiger partial charge >= 0.3 is 0 Å². The molecule has 1 saturated heterocycles. The minimum Gasteiger partial charge on any atom is -0.481 e. The predicted molar refractivity (Wildman–Crippen MR) is 236 cm³/mol. The van der Waals surface area contributed by atoms with Crippen LogP contribution in [0.3, 0.4) is 0 Å². The standard InChI is InChI=1S/C29H53NO6.C11H15N3.C2H4O2.C2H6.C2H4/c1-11-17(3)26(32)18(4)13-14-23(12-2)16-25(31)21(7)27(33)20(6)22(8)36-29-28(34)24(30(9)10)15-19(5)35-29;1-2-3-4-8-14-9-13-11-10(14)6-5-7-12-11;1-2(3)4;2*1-2/h17-24,28-29,34H,11-16H2,1-10H3;5-7,9H,2-4,8H2,1H3;1H3,(H,3,4);1-2H3;1-2H2/t17-,18-,19-,20-,21+,22+,23-,24+,28-,29+;;;;/m1..../s1. The van der Waals surface area contributed by atoms with Crippen LogP contribution >= 0.6 is 0 Å². The Kier molecular flexibility index (Phi) is 30.9. The Labute approximate surface area is 351 Å². The van der Waals surface area contributed by atoms with Crippen LogP contribution in [0, 0.1) is 29.6 Å². The van der Waals surface area contributed by atoms with Crippen molar-refractivity contribution in [3.63, 3.8) is 0 Å². The summed E-state index contributed by atoms with van der Waals surface area (Å²) in [6, 6.07) is 3.94. The summed E-state index contributed by atoms with van der Waals surface area (Å²) in [5, 5.41) is 18.1. The second-order valence-electron chi connectivity index (χ2n) is 15.5. The van der Waals surface area contributed by atoms with Crippen LogP contribution in [0.2, 0.25) is 0 Å². The number of likely N-dealkylation sites (N-methyl/N-ethyl adjacent to an activating group) is 1. The first kappa shape index (κ1) is 56.8. The van der Waals surface area contributed by atoms with Crippen LogP contribution in [-0.2, 0) is 35.2 Å². The number of hydrogen-bond donors (Lipinski definition) is 2. The summed E-state index contributed by atoms with van der Waals surface area (Å²) < 4.78 is 14.0. The molecule has 0 bridgehead atoms. The number of aryl methyl sites for hydroxylation is 1. The first-order valence-corrected chi connectivity index (χ1v) is 21.6. The SMILES string of the molecule is C=C.CC.CC(=O)O.CCCCCn1cnc2ncccc21.CC[C@H](CC[C@@H](C)C(=O)[C@H](C)CC)CC(=O)[C@H](C)C(=O)[C@H](C)[C@H](C)O[C@@H]1O[C@H](C)C[C@H](N(C)C)[C@H]1O. The highest BCUT2D eigenvalue weighted by Gasteiger charge is 2.40. The van der Waals surface area contributed by atoms with E-state index < -0.39 is 36.3 Å². The lowest BCUT2D eigenvalue weighted by atomic mass is 9.82. The van der Waals surface area contributed by atoms with Crippen molar-refractivity contribution in [3.05, 3.63) is 37.8 Å². The average molecular weight is 819 g/mol. The van der Waals surface area contributed by atoms with Gasteiger partial charge in [-0.05, 0) is 85.0 Å². The van der Waals surface area contributed by atoms with E-state index in [1.807, 2.05) is 72.9 Å². The Balaban J connectivity index is 0. The molecule has 12 nitrogen and oxygen atoms in total. The number of nitrogens with zero attached hydrogens (tertiary/aromatic N) is 4. The fourth-order valence-corrected chi connectivity index (χ4v) is 6.60. The summed E-state index contributed by atoms with van der Waals surface area (Å²) in [7, 11) is 3.83. The lowest BCUT2D eigenvalue weighted by Gasteiger charge is -2.42. The first-order valence-electron chi connectivity index (χ1n) is 21.6. The number of imidazole rings is 1. The van der Waals surface area contributed by atoms with Crippen LogP contribution < -0.4 is 0 Å². The third kappa shape index (κ3) is 20.6. The second kappa shape index (κ2) is 31.6. The molecule has 0 unspecified atom stereocenters. The van der Waals surface area contributed by atoms with E-state index in [-0.39, 0.29) is 41.5 Å². The lowest BCUT2D eigenvalue weighted by Crippen LogP contribution is -2.55. The molecule has 2 aromatic heterocycles. The number of pyridine rings is 1. The number of ketones is 3. The molecule has 1 fully saturated rings. The zero-order valence-corrected chi connectivity index (χ0v) is 38.7. The summed E-state index contributed by atoms with van der Waals surface area (Å²) in [5.74, 6) is -1.74. The monoisotopic (exact) mass is 819 g/mol. The van der Waals surface area contributed by atoms with Gasteiger partial charge in [0.1, 0.15) is 23.5 Å². The van der Waals surface area contributed by atoms with Gasteiger partial charge in [0.05, 0.1) is 30.0 Å². The smallest absolute Gasteiger partial charge is 0.300 e. The molecule has 0 aromatic carbocycles. The number of hydrogen-bond acceptors (Lipinski definition) is 10. The van der Waals surface area contributed by atoms with E-state index in [1.54, 1.807) is 27.0 Å². The van der Waals surface area contributed by atoms with Gasteiger partial charge < -0.3 is 29.2 Å². The zero-order chi connectivity index (χ0) is 45.1. The normalized spacial score (nSPS) is 20.4. The van der Waals surface area contributed by atoms with Crippen molar-refractivity contribution in [2.75, 3.05) is 14.1 Å². The van der Waals surface area contributed by atoms with Crippen molar-refractivity contribution in [3.8, 4) is 0 Å². The maximum absolute atomic E-state index is 13.2. The third-order valence-electron chi connectivity index (χ3n) is 10.7. The molecule has 0 spiro atoms. The van der Waals surface area contributed by atoms with Crippen molar-refractivity contribution < 1.29 is 38.9 Å². The Morgan fingerprint density at radius 3 is 2.10 bits per heavy atom. The summed E-state index contributed by atoms with van der Waals surface area (Å²) in [4.78, 5) is 58.0. The van der Waals surface area contributed by atoms with Crippen LogP contribution in [0.1, 0.15) is 141 Å². The van der Waals surface area contributed by atoms with Crippen molar-refractivity contribution in [2.24, 2.45) is 29.6 Å². The quantitative estimate of drug-likeness (QED) is 0.0745. The van der Waals surface area contributed by atoms with Crippen molar-refractivity contribution in [2.45, 2.75) is 178 Å². The largest absolute Gasteiger partial charge is 0.481 e. The molecule has 2 N–H and O–H groups in total. The number of aliphatic hydroxyl groups excluding tert-OH is 1. The van der Waals surface area contributed by atoms with E-state index in [2.05, 4.69) is 47.6 Å². The predicted octanol–water partition coefficient (Wildman–Crippen LogP) is 9.22. The molecule has 10 atom stereocenters. The van der Waals surface area contributed by atoms with E-state index in [0.717, 1.165) is 50.3 Å². The van der Waals surface area contributed by atoms with Crippen LogP contribution in [0.4, 0.5) is 0 Å². The van der Waals surface area contributed by atoms with E-state index in [1.165, 1.54) is 19.3 Å². The van der Waals surface area contributed by atoms with Gasteiger partial charge in [0.15, 0.2) is 11.9 Å². The molecule has 3 heterocycles. The maximum Gasteiger partial charge on any atom is 0.300 e. The molecule has 1 aliphatic heterocycles. The molecule has 1 aliphatic rings. The van der Waals surface area contributed by atoms with E-state index in [4.69, 9.17) is 19.4 Å². The fraction of sp³-hybridized carbons (Fsp3) is 0.739. The Hall–Kier alpha value is -3.32. The molecule has 0 saturated carbocycles. The number of Topliss-reactive ketones (excluding diaryl/α,β-unsaturated/α-hetero) is 3. The second-order valence-corrected chi connectivity index (χ2v) is 15.5. The molecular formula is C46H82N4O8. The van der Waals surface area contributed by atoms with Crippen molar-refractivity contribution >= 4 is 34.5 Å². The van der Waals surface area contributed by atoms with Gasteiger partial charge in [0.25, 0.3) is 5.97 Å². The minimum absolute atomic E-state index is 0.00616. The number of aliphatic carboxylic acids is 1. The van der Waals surface area contributed by atoms with Crippen LogP contribution in [0.25, 0.3) is 11.2 Å². The number of carboxylic acids is 1. The summed E-state index contributed by atoms with van der Waals surface area (Å²) in [5.41, 5.74) is 1.99. The van der Waals surface area contributed by atoms with Crippen molar-refractivity contribution in [1.29, 1.82) is 0 Å². The number of fused-ring (bicyclic) bond motifs is 1. The summed E-state index contributed by atoms with van der Waals surface area (Å²) in [6.07, 6.45) is 9.52. The third-order valence-corrected chi connectivity index (χ3v) is 10.7. The van der Waals surface area contributed by atoms with Crippen molar-refractivity contribution in [1.82, 2.24) is 19.4 Å². The highest BCUT2D eigenvalue weighted by Crippen LogP contribution is 2.28. The molecular weight excluding hydrogens is 737 g/mol. The van der Waals surface area contributed by atoms with Gasteiger partial charge in [0.2, 0.25) is 0 Å². The first-order chi connectivity index (χ1) is 27.4. The summed E-state index contributed by atoms with van der Waals surface area (Å²) >= 11 is 0. The van der Waals surface area contributed by atoms with Gasteiger partial charge in [-0.1, -0.05) is 74.7 Å². The van der Waals surface area contributed by atoms with E-state index in [0.29, 0.717) is 18.6 Å². The number of ether oxygens (including phenoxy) is 2. The van der Waals surface area contributed by atoms with Crippen LogP contribution in [0.15, 0.2) is 37.8 Å². The molecule has 0 amide bonds. The van der Waals surface area contributed by atoms with Gasteiger partial charge in [-0.3, -0.25) is 19.2 Å². The Morgan fingerprint density at radius 2 is 1.57 bits per heavy atom. The topological polar surface area (TPSA) is 161 Å². The zero-order valence-electron chi connectivity index (χ0n) is 38.7. The van der Waals surface area contributed by atoms with E-state index >= 15 is 0 Å². The molecule has 334 valence electrons. The number of carbonyl (C=O) groups excluding carboxylic acids is 3. The van der Waals surface area contributed by atoms with Gasteiger partial charge in [0, 0.05) is 49.9 Å². The molecule has 58 heavy (non-hydrogen) atoms. The van der Waals surface area contributed by atoms with Crippen LogP contribution in [-0.4, -0.2) is 97.7 Å². The number of aliphatic hydroxyl groups is 1. The fourth-order valence-electron chi connectivity index (χ4n) is 6.60. The number of carboxylic acid groups (broad SMARTS) is 1. The average Bonchev–Trinajstić information content (AvgIpc) is 3.63. The highest BCUT2D eigenvalue weighted by atomic mass is 16.7. The number of unbranched alkanes of at least 4 members (excludes halogenated alkanes) is 2. The van der Waals surface area contributed by atoms with Gasteiger partial charge in [-0.2, -0.15) is 0 Å². The Bertz CT molecular complexity index is 1430. The maximum atomic E-state index is 13.2. The van der Waals surface area contributed by atoms with Crippen LogP contribution in [0.5, 0.6) is 0 Å². The molecule has 0 radical (unpaired) electrons. The number of aromatic nitrogens is 3. The summed E-state index contributed by atoms with van der Waals surface area (Å²) in [6.45, 7) is 29.6. The highest BCUT2D eigenvalue weighted by molar-refractivity contribution is 6.03. The number of rotatable bonds is 20. The lowest BCUT2D eigenvalue weighted by molar-refractivity contribution is -0.269. The van der Waals surface area contributed by atoms with Gasteiger partial charge in [-0.15, -0.1) is 13.2 Å². The molecule has 0 aliphatic carbocycles. The molecule has 3 rings (SSSR count). The minimum atomic E-state index is -0.833. The number of carbonyl (C=O) groups is 4. The van der Waals surface area contributed by atoms with Gasteiger partial charge in [-0.25, -0.2) is 9.97 Å². The van der Waals surface area contributed by atoms with E-state index in [9.17, 15) is 19.5 Å². The molecule has 12 heteroatoms. The Morgan fingerprint density at radius 1 is 0.966 bits per heavy atom. The molecule has 2 aromatic rings.